The molecule has 1 saturated heterocycles. The molecule has 0 saturated carbocycles. The molecular formula is C13H20F2N4O4. The number of rotatable bonds is 5. The van der Waals surface area contributed by atoms with E-state index in [0.717, 1.165) is 6.92 Å². The first-order valence-electron chi connectivity index (χ1n) is 7.21. The lowest BCUT2D eigenvalue weighted by Gasteiger charge is -2.44. The fourth-order valence-electron chi connectivity index (χ4n) is 2.57. The molecule has 0 aromatic heterocycles. The van der Waals surface area contributed by atoms with Crippen molar-refractivity contribution in [2.45, 2.75) is 58.6 Å². The predicted molar refractivity (Wildman–Crippen MR) is 75.1 cm³/mol. The highest BCUT2D eigenvalue weighted by Crippen LogP contribution is 2.33. The average molecular weight is 334 g/mol. The second kappa shape index (κ2) is 7.56. The summed E-state index contributed by atoms with van der Waals surface area (Å²) in [6, 6.07) is -5.22. The zero-order valence-corrected chi connectivity index (χ0v) is 13.3. The van der Waals surface area contributed by atoms with Crippen LogP contribution in [0, 0.1) is 11.8 Å². The van der Waals surface area contributed by atoms with Crippen molar-refractivity contribution in [1.82, 2.24) is 5.32 Å². The predicted octanol–water partition coefficient (Wildman–Crippen LogP) is 2.34. The van der Waals surface area contributed by atoms with Gasteiger partial charge in [0.25, 0.3) is 5.91 Å². The topological polar surface area (TPSA) is 113 Å². The lowest BCUT2D eigenvalue weighted by molar-refractivity contribution is -0.232. The minimum atomic E-state index is -4.24. The van der Waals surface area contributed by atoms with Crippen molar-refractivity contribution in [3.63, 3.8) is 0 Å². The maximum Gasteiger partial charge on any atom is 0.401 e. The van der Waals surface area contributed by atoms with Crippen LogP contribution in [-0.4, -0.2) is 36.4 Å². The number of hydrogen-bond acceptors (Lipinski definition) is 5. The van der Waals surface area contributed by atoms with Crippen LogP contribution in [0.25, 0.3) is 10.4 Å². The zero-order chi connectivity index (χ0) is 17.8. The smallest absolute Gasteiger partial charge is 0.401 e. The SMILES string of the molecule is CCC1OC(OC(C)=O)C(NC(=O)C(F)(F)N=[N+]=[N-])[C@@H](C)[C@@H]1C. The minimum absolute atomic E-state index is 0.0646. The summed E-state index contributed by atoms with van der Waals surface area (Å²) in [5.41, 5.74) is 8.09. The second-order valence-corrected chi connectivity index (χ2v) is 5.51. The van der Waals surface area contributed by atoms with Crippen LogP contribution in [-0.2, 0) is 19.1 Å². The Balaban J connectivity index is 3.00. The molecule has 0 spiro atoms. The maximum atomic E-state index is 13.3. The fraction of sp³-hybridized carbons (Fsp3) is 0.846. The van der Waals surface area contributed by atoms with Crippen LogP contribution in [0.15, 0.2) is 5.11 Å². The Kier molecular flexibility index (Phi) is 6.28. The minimum Gasteiger partial charge on any atom is -0.434 e. The number of azide groups is 1. The van der Waals surface area contributed by atoms with Gasteiger partial charge in [0.1, 0.15) is 0 Å². The summed E-state index contributed by atoms with van der Waals surface area (Å²) in [5, 5.41) is 4.24. The van der Waals surface area contributed by atoms with E-state index >= 15 is 0 Å². The van der Waals surface area contributed by atoms with Gasteiger partial charge in [0.05, 0.1) is 12.1 Å². The molecule has 1 rings (SSSR count). The van der Waals surface area contributed by atoms with Gasteiger partial charge in [0.2, 0.25) is 6.29 Å². The van der Waals surface area contributed by atoms with Crippen LogP contribution in [0.4, 0.5) is 8.78 Å². The number of nitrogens with zero attached hydrogens (tertiary/aromatic N) is 3. The van der Waals surface area contributed by atoms with E-state index < -0.39 is 30.3 Å². The standard InChI is InChI=1S/C13H20F2N4O4/c1-5-9-6(2)7(3)10(11(23-9)22-8(4)20)17-12(21)13(14,15)18-19-16/h6-7,9-11H,5H2,1-4H3,(H,17,21)/t6-,7-,9?,10?,11?/m0/s1. The zero-order valence-electron chi connectivity index (χ0n) is 13.3. The third kappa shape index (κ3) is 4.52. The van der Waals surface area contributed by atoms with Gasteiger partial charge in [0, 0.05) is 11.8 Å². The van der Waals surface area contributed by atoms with Crippen molar-refractivity contribution in [3.05, 3.63) is 10.4 Å². The van der Waals surface area contributed by atoms with Gasteiger partial charge in [0.15, 0.2) is 0 Å². The van der Waals surface area contributed by atoms with Crippen molar-refractivity contribution in [3.8, 4) is 0 Å². The van der Waals surface area contributed by atoms with E-state index in [0.29, 0.717) is 6.42 Å². The highest BCUT2D eigenvalue weighted by atomic mass is 19.3. The molecule has 1 aliphatic heterocycles. The van der Waals surface area contributed by atoms with Gasteiger partial charge in [-0.2, -0.15) is 8.78 Å². The summed E-state index contributed by atoms with van der Waals surface area (Å²) < 4.78 is 37.3. The summed E-state index contributed by atoms with van der Waals surface area (Å²) in [6.45, 7) is 6.63. The Labute approximate surface area is 132 Å². The van der Waals surface area contributed by atoms with Gasteiger partial charge in [-0.25, -0.2) is 0 Å². The normalized spacial score (nSPS) is 31.0. The number of halogens is 2. The molecule has 0 aromatic carbocycles. The van der Waals surface area contributed by atoms with Crippen molar-refractivity contribution in [1.29, 1.82) is 0 Å². The highest BCUT2D eigenvalue weighted by molar-refractivity contribution is 5.83. The molecule has 1 N–H and O–H groups in total. The van der Waals surface area contributed by atoms with E-state index in [9.17, 15) is 18.4 Å². The lowest BCUT2D eigenvalue weighted by atomic mass is 9.81. The number of amides is 1. The molecule has 0 aromatic rings. The van der Waals surface area contributed by atoms with Crippen LogP contribution >= 0.6 is 0 Å². The number of carbonyl (C=O) groups excluding carboxylic acids is 2. The van der Waals surface area contributed by atoms with Gasteiger partial charge < -0.3 is 14.8 Å². The first kappa shape index (κ1) is 19.1. The van der Waals surface area contributed by atoms with Crippen molar-refractivity contribution in [2.24, 2.45) is 17.0 Å². The van der Waals surface area contributed by atoms with Crippen LogP contribution in [0.1, 0.15) is 34.1 Å². The molecule has 0 bridgehead atoms. The number of carbonyl (C=O) groups is 2. The van der Waals surface area contributed by atoms with Gasteiger partial charge in [-0.3, -0.25) is 9.59 Å². The molecule has 130 valence electrons. The number of nitrogens with one attached hydrogen (secondary N) is 1. The fourth-order valence-corrected chi connectivity index (χ4v) is 2.57. The number of esters is 1. The highest BCUT2D eigenvalue weighted by Gasteiger charge is 2.47. The summed E-state index contributed by atoms with van der Waals surface area (Å²) in [4.78, 5) is 24.8. The van der Waals surface area contributed by atoms with E-state index in [-0.39, 0.29) is 17.9 Å². The van der Waals surface area contributed by atoms with Crippen LogP contribution < -0.4 is 5.32 Å². The molecule has 1 heterocycles. The lowest BCUT2D eigenvalue weighted by Crippen LogP contribution is -2.60. The molecule has 10 heteroatoms. The first-order chi connectivity index (χ1) is 10.6. The van der Waals surface area contributed by atoms with E-state index in [1.165, 1.54) is 0 Å². The molecular weight excluding hydrogens is 314 g/mol. The van der Waals surface area contributed by atoms with Gasteiger partial charge in [-0.15, -0.1) is 0 Å². The van der Waals surface area contributed by atoms with Gasteiger partial charge >= 0.3 is 12.0 Å². The third-order valence-electron chi connectivity index (χ3n) is 4.01. The van der Waals surface area contributed by atoms with E-state index in [2.05, 4.69) is 10.4 Å². The molecule has 8 nitrogen and oxygen atoms in total. The number of hydrogen-bond donors (Lipinski definition) is 1. The van der Waals surface area contributed by atoms with Crippen molar-refractivity contribution < 1.29 is 27.8 Å². The molecule has 23 heavy (non-hydrogen) atoms. The largest absolute Gasteiger partial charge is 0.434 e. The van der Waals surface area contributed by atoms with Crippen LogP contribution in [0.5, 0.6) is 0 Å². The average Bonchev–Trinajstić information content (AvgIpc) is 2.45. The monoisotopic (exact) mass is 334 g/mol. The van der Waals surface area contributed by atoms with Gasteiger partial charge in [-0.05, 0) is 28.9 Å². The van der Waals surface area contributed by atoms with Gasteiger partial charge in [-0.1, -0.05) is 20.8 Å². The molecule has 0 radical (unpaired) electrons. The first-order valence-corrected chi connectivity index (χ1v) is 7.21. The third-order valence-corrected chi connectivity index (χ3v) is 4.01. The van der Waals surface area contributed by atoms with Crippen LogP contribution in [0.3, 0.4) is 0 Å². The molecule has 3 unspecified atom stereocenters. The molecule has 5 atom stereocenters. The molecule has 1 fully saturated rings. The quantitative estimate of drug-likeness (QED) is 0.273. The van der Waals surface area contributed by atoms with Crippen LogP contribution in [0.2, 0.25) is 0 Å². The Hall–Kier alpha value is -1.93. The number of alkyl halides is 2. The maximum absolute atomic E-state index is 13.3. The summed E-state index contributed by atoms with van der Waals surface area (Å²) in [5.74, 6) is -2.79. The summed E-state index contributed by atoms with van der Waals surface area (Å²) >= 11 is 0. The second-order valence-electron chi connectivity index (χ2n) is 5.51. The van der Waals surface area contributed by atoms with E-state index in [4.69, 9.17) is 15.0 Å². The molecule has 1 amide bonds. The van der Waals surface area contributed by atoms with E-state index in [1.54, 1.807) is 6.92 Å². The van der Waals surface area contributed by atoms with E-state index in [1.807, 2.05) is 18.8 Å². The number of ether oxygens (including phenoxy) is 2. The van der Waals surface area contributed by atoms with Crippen molar-refractivity contribution in [2.75, 3.05) is 0 Å². The Morgan fingerprint density at radius 3 is 2.48 bits per heavy atom. The summed E-state index contributed by atoms with van der Waals surface area (Å²) in [6.07, 6.45) is -0.784. The molecule has 1 aliphatic rings. The van der Waals surface area contributed by atoms with Crippen molar-refractivity contribution >= 4 is 11.9 Å². The Bertz CT molecular complexity index is 510. The molecule has 0 aliphatic carbocycles. The Morgan fingerprint density at radius 1 is 1.39 bits per heavy atom. The summed E-state index contributed by atoms with van der Waals surface area (Å²) in [7, 11) is 0. The Morgan fingerprint density at radius 2 is 2.00 bits per heavy atom.